The van der Waals surface area contributed by atoms with Gasteiger partial charge in [-0.05, 0) is 18.6 Å². The third-order valence-corrected chi connectivity index (χ3v) is 5.91. The first-order valence-corrected chi connectivity index (χ1v) is 9.75. The fourth-order valence-electron chi connectivity index (χ4n) is 3.46. The predicted octanol–water partition coefficient (Wildman–Crippen LogP) is 2.97. The minimum Gasteiger partial charge on any atom is -0.462 e. The van der Waals surface area contributed by atoms with Gasteiger partial charge in [0.2, 0.25) is 0 Å². The van der Waals surface area contributed by atoms with Crippen molar-refractivity contribution in [2.75, 3.05) is 12.4 Å². The van der Waals surface area contributed by atoms with Crippen LogP contribution < -0.4 is 5.56 Å². The molecule has 4 rings (SSSR count). The van der Waals surface area contributed by atoms with Gasteiger partial charge < -0.3 is 9.30 Å². The average Bonchev–Trinajstić information content (AvgIpc) is 2.66. The molecule has 6 heteroatoms. The molecule has 1 unspecified atom stereocenters. The van der Waals surface area contributed by atoms with Crippen LogP contribution in [0.2, 0.25) is 0 Å². The summed E-state index contributed by atoms with van der Waals surface area (Å²) in [5, 5.41) is 0.740. The predicted molar refractivity (Wildman–Crippen MR) is 101 cm³/mol. The molecule has 0 aliphatic carbocycles. The van der Waals surface area contributed by atoms with E-state index in [9.17, 15) is 13.8 Å². The van der Waals surface area contributed by atoms with Crippen LogP contribution in [0.1, 0.15) is 17.3 Å². The Hall–Kier alpha value is -2.73. The molecule has 26 heavy (non-hydrogen) atoms. The number of hydrogen-bond acceptors (Lipinski definition) is 4. The number of hydrogen-bond donors (Lipinski definition) is 0. The Morgan fingerprint density at radius 2 is 1.92 bits per heavy atom. The smallest absolute Gasteiger partial charge is 0.344 e. The molecule has 0 amide bonds. The van der Waals surface area contributed by atoms with Crippen LogP contribution in [-0.2, 0) is 22.1 Å². The van der Waals surface area contributed by atoms with E-state index in [2.05, 4.69) is 0 Å². The normalized spacial score (nSPS) is 15.8. The summed E-state index contributed by atoms with van der Waals surface area (Å²) in [7, 11) is -1.16. The molecule has 0 radical (unpaired) electrons. The van der Waals surface area contributed by atoms with Crippen molar-refractivity contribution in [3.63, 3.8) is 0 Å². The van der Waals surface area contributed by atoms with E-state index in [-0.39, 0.29) is 17.7 Å². The first-order valence-electron chi connectivity index (χ1n) is 8.44. The van der Waals surface area contributed by atoms with Crippen LogP contribution in [0.25, 0.3) is 22.0 Å². The molecule has 0 saturated heterocycles. The lowest BCUT2D eigenvalue weighted by molar-refractivity contribution is 0.0525. The number of esters is 1. The number of rotatable bonds is 3. The summed E-state index contributed by atoms with van der Waals surface area (Å²) in [5.41, 5.74) is 1.60. The molecule has 1 aliphatic heterocycles. The van der Waals surface area contributed by atoms with Gasteiger partial charge in [-0.2, -0.15) is 0 Å². The number of aromatic nitrogens is 1. The molecule has 0 spiro atoms. The Balaban J connectivity index is 2.20. The van der Waals surface area contributed by atoms with Gasteiger partial charge in [0.05, 0.1) is 27.8 Å². The molecule has 0 fully saturated rings. The summed E-state index contributed by atoms with van der Waals surface area (Å²) in [5.74, 6) is -0.266. The summed E-state index contributed by atoms with van der Waals surface area (Å²) in [6, 6.07) is 14.8. The lowest BCUT2D eigenvalue weighted by Gasteiger charge is -2.22. The van der Waals surface area contributed by atoms with Gasteiger partial charge in [0.15, 0.2) is 0 Å². The highest BCUT2D eigenvalue weighted by molar-refractivity contribution is 7.85. The first kappa shape index (κ1) is 16.7. The third-order valence-electron chi connectivity index (χ3n) is 4.53. The van der Waals surface area contributed by atoms with Crippen molar-refractivity contribution < 1.29 is 13.7 Å². The Bertz CT molecular complexity index is 1100. The van der Waals surface area contributed by atoms with E-state index in [1.165, 1.54) is 0 Å². The Morgan fingerprint density at radius 3 is 2.65 bits per heavy atom. The van der Waals surface area contributed by atoms with E-state index in [1.807, 2.05) is 42.5 Å². The van der Waals surface area contributed by atoms with E-state index in [0.29, 0.717) is 28.3 Å². The zero-order chi connectivity index (χ0) is 18.3. The summed E-state index contributed by atoms with van der Waals surface area (Å²) in [6.45, 7) is 2.22. The van der Waals surface area contributed by atoms with Gasteiger partial charge in [-0.25, -0.2) is 4.79 Å². The second-order valence-electron chi connectivity index (χ2n) is 6.00. The third kappa shape index (κ3) is 2.49. The summed E-state index contributed by atoms with van der Waals surface area (Å²) >= 11 is 0. The fourth-order valence-corrected chi connectivity index (χ4v) is 4.69. The second kappa shape index (κ2) is 6.53. The van der Waals surface area contributed by atoms with Gasteiger partial charge in [-0.1, -0.05) is 42.5 Å². The Kier molecular flexibility index (Phi) is 4.20. The van der Waals surface area contributed by atoms with Gasteiger partial charge in [-0.3, -0.25) is 9.00 Å². The van der Waals surface area contributed by atoms with Crippen LogP contribution in [0.3, 0.4) is 0 Å². The zero-order valence-electron chi connectivity index (χ0n) is 14.2. The second-order valence-corrected chi connectivity index (χ2v) is 7.53. The zero-order valence-corrected chi connectivity index (χ0v) is 15.0. The molecule has 2 aromatic carbocycles. The maximum Gasteiger partial charge on any atom is 0.344 e. The molecule has 1 atom stereocenters. The molecule has 5 nitrogen and oxygen atoms in total. The largest absolute Gasteiger partial charge is 0.462 e. The number of benzene rings is 2. The maximum absolute atomic E-state index is 13.2. The first-order chi connectivity index (χ1) is 12.6. The monoisotopic (exact) mass is 367 g/mol. The molecule has 0 N–H and O–H groups in total. The van der Waals surface area contributed by atoms with Crippen molar-refractivity contribution in [3.8, 4) is 11.1 Å². The number of nitrogens with zero attached hydrogens (tertiary/aromatic N) is 1. The van der Waals surface area contributed by atoms with Gasteiger partial charge in [-0.15, -0.1) is 0 Å². The topological polar surface area (TPSA) is 65.4 Å². The van der Waals surface area contributed by atoms with Gasteiger partial charge >= 0.3 is 5.97 Å². The molecule has 1 aliphatic rings. The van der Waals surface area contributed by atoms with Crippen molar-refractivity contribution in [1.29, 1.82) is 0 Å². The highest BCUT2D eigenvalue weighted by Crippen LogP contribution is 2.34. The summed E-state index contributed by atoms with van der Waals surface area (Å²) in [6.07, 6.45) is 0. The number of carbonyl (C=O) groups excluding carboxylic acids is 1. The van der Waals surface area contributed by atoms with E-state index in [1.54, 1.807) is 17.6 Å². The van der Waals surface area contributed by atoms with Gasteiger partial charge in [0, 0.05) is 23.2 Å². The van der Waals surface area contributed by atoms with Gasteiger partial charge in [0.1, 0.15) is 5.56 Å². The molecule has 0 saturated carbocycles. The standard InChI is InChI=1S/C20H17NO4S/c1-2-25-20(23)17-16(13-7-4-3-5-8-13)14-9-6-10-15-18(14)21(19(17)22)11-12-26(15)24/h3-10H,2,11-12H2,1H3. The van der Waals surface area contributed by atoms with Crippen molar-refractivity contribution in [2.24, 2.45) is 0 Å². The van der Waals surface area contributed by atoms with Crippen LogP contribution in [0, 0.1) is 0 Å². The fraction of sp³-hybridized carbons (Fsp3) is 0.200. The summed E-state index contributed by atoms with van der Waals surface area (Å²) in [4.78, 5) is 26.5. The van der Waals surface area contributed by atoms with Crippen LogP contribution in [-0.4, -0.2) is 27.1 Å². The number of carbonyl (C=O) groups is 1. The van der Waals surface area contributed by atoms with Crippen LogP contribution in [0.15, 0.2) is 58.2 Å². The van der Waals surface area contributed by atoms with Crippen molar-refractivity contribution >= 4 is 27.7 Å². The van der Waals surface area contributed by atoms with Crippen molar-refractivity contribution in [1.82, 2.24) is 4.57 Å². The van der Waals surface area contributed by atoms with Crippen molar-refractivity contribution in [2.45, 2.75) is 18.4 Å². The van der Waals surface area contributed by atoms with E-state index in [4.69, 9.17) is 4.74 Å². The molecule has 3 aromatic rings. The SMILES string of the molecule is CCOC(=O)c1c(-c2ccccc2)c2cccc3c2n(c1=O)CCS3=O. The quantitative estimate of drug-likeness (QED) is 0.668. The Morgan fingerprint density at radius 1 is 1.15 bits per heavy atom. The van der Waals surface area contributed by atoms with E-state index >= 15 is 0 Å². The van der Waals surface area contributed by atoms with Gasteiger partial charge in [0.25, 0.3) is 5.56 Å². The average molecular weight is 367 g/mol. The van der Waals surface area contributed by atoms with Crippen LogP contribution in [0.5, 0.6) is 0 Å². The molecule has 0 bridgehead atoms. The number of para-hydroxylation sites is 1. The molecule has 132 valence electrons. The van der Waals surface area contributed by atoms with Crippen LogP contribution >= 0.6 is 0 Å². The number of pyridine rings is 1. The lowest BCUT2D eigenvalue weighted by atomic mass is 9.95. The number of aryl methyl sites for hydroxylation is 1. The van der Waals surface area contributed by atoms with E-state index < -0.39 is 16.8 Å². The Labute approximate surface area is 152 Å². The molecule has 2 heterocycles. The highest BCUT2D eigenvalue weighted by atomic mass is 32.2. The summed E-state index contributed by atoms with van der Waals surface area (Å²) < 4.78 is 19.2. The number of ether oxygens (including phenoxy) is 1. The van der Waals surface area contributed by atoms with Crippen molar-refractivity contribution in [3.05, 3.63) is 64.4 Å². The molecular weight excluding hydrogens is 350 g/mol. The lowest BCUT2D eigenvalue weighted by Crippen LogP contribution is -2.33. The molecule has 1 aromatic heterocycles. The van der Waals surface area contributed by atoms with E-state index in [0.717, 1.165) is 10.9 Å². The van der Waals surface area contributed by atoms with Crippen LogP contribution in [0.4, 0.5) is 0 Å². The minimum atomic E-state index is -1.16. The maximum atomic E-state index is 13.2. The minimum absolute atomic E-state index is 0.0374. The highest BCUT2D eigenvalue weighted by Gasteiger charge is 2.28. The molecular formula is C20H17NO4S.